The van der Waals surface area contributed by atoms with E-state index in [1.54, 1.807) is 0 Å². The van der Waals surface area contributed by atoms with Crippen LogP contribution in [0.25, 0.3) is 0 Å². The Hall–Kier alpha value is -1.30. The summed E-state index contributed by atoms with van der Waals surface area (Å²) in [6, 6.07) is -0.0835. The quantitative estimate of drug-likeness (QED) is 0.365. The van der Waals surface area contributed by atoms with Crippen LogP contribution in [0.2, 0.25) is 0 Å². The van der Waals surface area contributed by atoms with Gasteiger partial charge in [0.1, 0.15) is 0 Å². The van der Waals surface area contributed by atoms with Gasteiger partial charge >= 0.3 is 6.09 Å². The third-order valence-corrected chi connectivity index (χ3v) is 2.92. The second kappa shape index (κ2) is 4.29. The molecule has 1 fully saturated rings. The number of nitrogens with one attached hydrogen (secondary N) is 1. The summed E-state index contributed by atoms with van der Waals surface area (Å²) in [6.45, 7) is 5.53. The number of carboxylic acid groups (broad SMARTS) is 1. The highest BCUT2D eigenvalue weighted by Gasteiger charge is 2.43. The lowest BCUT2D eigenvalue weighted by Crippen LogP contribution is -2.58. The number of carbonyl (C=O) groups is 2. The number of hydrogen-bond donors (Lipinski definition) is 3. The smallest absolute Gasteiger partial charge is 0.407 e. The molecule has 0 aromatic heterocycles. The van der Waals surface area contributed by atoms with Gasteiger partial charge in [-0.3, -0.25) is 10.2 Å². The van der Waals surface area contributed by atoms with Gasteiger partial charge in [0.25, 0.3) is 0 Å². The second-order valence-corrected chi connectivity index (χ2v) is 5.15. The topological polar surface area (TPSA) is 95.7 Å². The molecule has 0 saturated heterocycles. The van der Waals surface area contributed by atoms with Crippen LogP contribution >= 0.6 is 0 Å². The molecule has 1 aliphatic rings. The number of carbonyl (C=O) groups excluding carboxylic acids is 1. The number of rotatable bonds is 2. The number of nitrogens with zero attached hydrogens (tertiary/aromatic N) is 1. The zero-order valence-corrected chi connectivity index (χ0v) is 9.86. The summed E-state index contributed by atoms with van der Waals surface area (Å²) in [4.78, 5) is 23.7. The fraction of sp³-hybridized carbons (Fsp3) is 0.800. The number of hydrogen-bond acceptors (Lipinski definition) is 3. The van der Waals surface area contributed by atoms with Gasteiger partial charge in [-0.05, 0) is 33.6 Å². The Morgan fingerprint density at radius 1 is 1.38 bits per heavy atom. The van der Waals surface area contributed by atoms with Crippen molar-refractivity contribution in [2.24, 2.45) is 11.8 Å². The van der Waals surface area contributed by atoms with Crippen LogP contribution in [0.15, 0.2) is 0 Å². The van der Waals surface area contributed by atoms with Crippen molar-refractivity contribution in [3.63, 3.8) is 0 Å². The lowest BCUT2D eigenvalue weighted by atomic mass is 9.77. The molecule has 0 aromatic carbocycles. The van der Waals surface area contributed by atoms with Gasteiger partial charge < -0.3 is 10.0 Å². The van der Waals surface area contributed by atoms with Crippen LogP contribution in [0, 0.1) is 5.92 Å². The van der Waals surface area contributed by atoms with Crippen molar-refractivity contribution in [1.29, 1.82) is 0 Å². The summed E-state index contributed by atoms with van der Waals surface area (Å²) in [5.74, 6) is 4.65. The molecule has 1 saturated carbocycles. The van der Waals surface area contributed by atoms with Crippen LogP contribution in [-0.2, 0) is 4.79 Å². The molecule has 92 valence electrons. The molecular weight excluding hydrogens is 210 g/mol. The van der Waals surface area contributed by atoms with Crippen molar-refractivity contribution < 1.29 is 14.7 Å². The summed E-state index contributed by atoms with van der Waals surface area (Å²) in [7, 11) is 0. The maximum atomic E-state index is 11.2. The molecule has 1 rings (SSSR count). The summed E-state index contributed by atoms with van der Waals surface area (Å²) < 4.78 is 0. The first kappa shape index (κ1) is 12.8. The molecule has 0 heterocycles. The fourth-order valence-corrected chi connectivity index (χ4v) is 2.12. The van der Waals surface area contributed by atoms with Crippen molar-refractivity contribution in [3.8, 4) is 0 Å². The molecular formula is C10H19N3O3. The van der Waals surface area contributed by atoms with Crippen molar-refractivity contribution >= 4 is 12.0 Å². The minimum Gasteiger partial charge on any atom is -0.465 e. The summed E-state index contributed by atoms with van der Waals surface area (Å²) in [5, 5.41) is 9.13. The Balaban J connectivity index is 2.60. The molecule has 4 N–H and O–H groups in total. The average Bonchev–Trinajstić information content (AvgIpc) is 2.06. The highest BCUT2D eigenvalue weighted by atomic mass is 16.4. The van der Waals surface area contributed by atoms with Gasteiger partial charge in [0.15, 0.2) is 0 Å². The van der Waals surface area contributed by atoms with Gasteiger partial charge in [-0.15, -0.1) is 0 Å². The number of hydrazine groups is 1. The van der Waals surface area contributed by atoms with Crippen molar-refractivity contribution in [1.82, 2.24) is 10.3 Å². The van der Waals surface area contributed by atoms with E-state index in [4.69, 9.17) is 10.9 Å². The van der Waals surface area contributed by atoms with Gasteiger partial charge in [-0.2, -0.15) is 0 Å². The molecule has 0 atom stereocenters. The van der Waals surface area contributed by atoms with E-state index in [1.165, 1.54) is 4.90 Å². The lowest BCUT2D eigenvalue weighted by Gasteiger charge is -2.46. The van der Waals surface area contributed by atoms with Crippen LogP contribution in [0.3, 0.4) is 0 Å². The molecule has 0 spiro atoms. The Kier molecular flexibility index (Phi) is 3.42. The van der Waals surface area contributed by atoms with Gasteiger partial charge in [-0.1, -0.05) is 0 Å². The van der Waals surface area contributed by atoms with Gasteiger partial charge in [0.05, 0.1) is 0 Å². The molecule has 0 radical (unpaired) electrons. The van der Waals surface area contributed by atoms with Crippen LogP contribution in [-0.4, -0.2) is 33.6 Å². The molecule has 1 aliphatic carbocycles. The zero-order valence-electron chi connectivity index (χ0n) is 9.86. The van der Waals surface area contributed by atoms with E-state index in [2.05, 4.69) is 5.43 Å². The van der Waals surface area contributed by atoms with Gasteiger partial charge in [0, 0.05) is 17.5 Å². The van der Waals surface area contributed by atoms with Crippen molar-refractivity contribution in [2.45, 2.75) is 45.2 Å². The van der Waals surface area contributed by atoms with Crippen molar-refractivity contribution in [2.75, 3.05) is 0 Å². The maximum absolute atomic E-state index is 11.2. The normalized spacial score (nSPS) is 24.5. The lowest BCUT2D eigenvalue weighted by molar-refractivity contribution is -0.130. The second-order valence-electron chi connectivity index (χ2n) is 5.15. The zero-order chi connectivity index (χ0) is 12.5. The predicted octanol–water partition coefficient (Wildman–Crippen LogP) is 0.533. The first-order valence-corrected chi connectivity index (χ1v) is 5.30. The molecule has 6 heteroatoms. The Morgan fingerprint density at radius 2 is 1.88 bits per heavy atom. The minimum atomic E-state index is -0.941. The number of amides is 2. The number of nitrogens with two attached hydrogens (primary N) is 1. The van der Waals surface area contributed by atoms with E-state index in [-0.39, 0.29) is 17.9 Å². The summed E-state index contributed by atoms with van der Waals surface area (Å²) in [5.41, 5.74) is 1.65. The van der Waals surface area contributed by atoms with Crippen LogP contribution in [0.1, 0.15) is 33.6 Å². The van der Waals surface area contributed by atoms with Crippen LogP contribution in [0.4, 0.5) is 4.79 Å². The molecule has 0 aliphatic heterocycles. The summed E-state index contributed by atoms with van der Waals surface area (Å²) >= 11 is 0. The molecule has 0 unspecified atom stereocenters. The highest BCUT2D eigenvalue weighted by Crippen LogP contribution is 2.35. The van der Waals surface area contributed by atoms with E-state index in [0.29, 0.717) is 12.8 Å². The van der Waals surface area contributed by atoms with E-state index in [0.717, 1.165) is 0 Å². The molecule has 0 aromatic rings. The Morgan fingerprint density at radius 3 is 2.19 bits per heavy atom. The third kappa shape index (κ3) is 2.44. The van der Waals surface area contributed by atoms with E-state index in [1.807, 2.05) is 20.8 Å². The molecule has 6 nitrogen and oxygen atoms in total. The fourth-order valence-electron chi connectivity index (χ4n) is 2.12. The Labute approximate surface area is 94.8 Å². The molecule has 2 amide bonds. The van der Waals surface area contributed by atoms with Crippen LogP contribution < -0.4 is 11.3 Å². The third-order valence-electron chi connectivity index (χ3n) is 2.92. The van der Waals surface area contributed by atoms with Crippen LogP contribution in [0.5, 0.6) is 0 Å². The molecule has 16 heavy (non-hydrogen) atoms. The summed E-state index contributed by atoms with van der Waals surface area (Å²) in [6.07, 6.45) is 0.156. The highest BCUT2D eigenvalue weighted by molar-refractivity contribution is 5.79. The monoisotopic (exact) mass is 229 g/mol. The van der Waals surface area contributed by atoms with E-state index >= 15 is 0 Å². The average molecular weight is 229 g/mol. The Bertz CT molecular complexity index is 292. The van der Waals surface area contributed by atoms with E-state index in [9.17, 15) is 9.59 Å². The first-order valence-electron chi connectivity index (χ1n) is 5.30. The standard InChI is InChI=1S/C10H19N3O3/c1-10(2,3)13(9(15)16)7-4-6(5-7)8(14)12-11/h6-7H,4-5,11H2,1-3H3,(H,12,14)(H,15,16)/t6-,7-. The van der Waals surface area contributed by atoms with Gasteiger partial charge in [-0.25, -0.2) is 10.6 Å². The van der Waals surface area contributed by atoms with Gasteiger partial charge in [0.2, 0.25) is 5.91 Å². The van der Waals surface area contributed by atoms with Crippen molar-refractivity contribution in [3.05, 3.63) is 0 Å². The minimum absolute atomic E-state index is 0.0835. The first-order chi connectivity index (χ1) is 7.27. The molecule has 0 bridgehead atoms. The predicted molar refractivity (Wildman–Crippen MR) is 58.5 cm³/mol. The largest absolute Gasteiger partial charge is 0.465 e. The SMILES string of the molecule is CC(C)(C)N(C(=O)O)[C@H]1C[C@H](C(=O)NN)C1. The van der Waals surface area contributed by atoms with E-state index < -0.39 is 11.6 Å². The maximum Gasteiger partial charge on any atom is 0.407 e.